The lowest BCUT2D eigenvalue weighted by molar-refractivity contribution is -0.138. The molecule has 2 unspecified atom stereocenters. The average molecular weight is 472 g/mol. The third kappa shape index (κ3) is 5.41. The summed E-state index contributed by atoms with van der Waals surface area (Å²) in [5.74, 6) is 1.07. The van der Waals surface area contributed by atoms with Crippen LogP contribution in [-0.2, 0) is 14.3 Å². The van der Waals surface area contributed by atoms with Gasteiger partial charge in [-0.3, -0.25) is 9.59 Å². The third-order valence-electron chi connectivity index (χ3n) is 8.13. The first kappa shape index (κ1) is 25.0. The highest BCUT2D eigenvalue weighted by molar-refractivity contribution is 5.90. The molecule has 3 fully saturated rings. The zero-order chi connectivity index (χ0) is 24.1. The molecule has 7 nitrogen and oxygen atoms in total. The number of likely N-dealkylation sites (tertiary alicyclic amines) is 1. The summed E-state index contributed by atoms with van der Waals surface area (Å²) in [6.45, 7) is 4.49. The minimum absolute atomic E-state index is 0.0344. The van der Waals surface area contributed by atoms with Crippen molar-refractivity contribution in [3.8, 4) is 5.75 Å². The zero-order valence-electron chi connectivity index (χ0n) is 21.1. The highest BCUT2D eigenvalue weighted by Crippen LogP contribution is 2.39. The first-order valence-electron chi connectivity index (χ1n) is 12.9. The van der Waals surface area contributed by atoms with Crippen molar-refractivity contribution in [2.45, 2.75) is 57.0 Å². The Balaban J connectivity index is 1.54. The fourth-order valence-corrected chi connectivity index (χ4v) is 6.35. The minimum atomic E-state index is -0.362. The van der Waals surface area contributed by atoms with Crippen LogP contribution < -0.4 is 4.74 Å². The van der Waals surface area contributed by atoms with Gasteiger partial charge in [0.25, 0.3) is 0 Å². The summed E-state index contributed by atoms with van der Waals surface area (Å²) in [5, 5.41) is 0. The molecule has 2 amide bonds. The molecule has 3 saturated heterocycles. The molecule has 1 aromatic carbocycles. The number of nitrogens with zero attached hydrogens (tertiary/aromatic N) is 3. The molecule has 4 rings (SSSR count). The standard InChI is InChI=1S/C27H41N3O4/c1-28-25(31)18-23(26(28)20-10-12-22(34-3)13-11-20)27(32)30(16-7-17-33-2)19-21-8-6-15-29-14-5-4-9-24(21)29/h10-13,21,23-24,26H,4-9,14-19H2,1-3H3/t21-,23?,24+,26?/m0/s1. The fourth-order valence-electron chi connectivity index (χ4n) is 6.35. The Hall–Kier alpha value is -2.12. The molecule has 3 aliphatic rings. The lowest BCUT2D eigenvalue weighted by Gasteiger charge is -2.46. The van der Waals surface area contributed by atoms with Gasteiger partial charge in [0, 0.05) is 46.3 Å². The van der Waals surface area contributed by atoms with Crippen molar-refractivity contribution in [1.29, 1.82) is 0 Å². The van der Waals surface area contributed by atoms with E-state index >= 15 is 0 Å². The Morgan fingerprint density at radius 1 is 1.09 bits per heavy atom. The van der Waals surface area contributed by atoms with Gasteiger partial charge in [-0.25, -0.2) is 0 Å². The van der Waals surface area contributed by atoms with Crippen molar-refractivity contribution >= 4 is 11.8 Å². The van der Waals surface area contributed by atoms with E-state index in [0.717, 1.165) is 24.3 Å². The van der Waals surface area contributed by atoms with Crippen molar-refractivity contribution in [2.24, 2.45) is 11.8 Å². The summed E-state index contributed by atoms with van der Waals surface area (Å²) >= 11 is 0. The summed E-state index contributed by atoms with van der Waals surface area (Å²) < 4.78 is 10.6. The van der Waals surface area contributed by atoms with E-state index in [9.17, 15) is 9.59 Å². The smallest absolute Gasteiger partial charge is 0.228 e. The molecule has 188 valence electrons. The van der Waals surface area contributed by atoms with Crippen LogP contribution in [-0.4, -0.2) is 86.6 Å². The van der Waals surface area contributed by atoms with Gasteiger partial charge >= 0.3 is 0 Å². The van der Waals surface area contributed by atoms with E-state index in [1.165, 1.54) is 45.2 Å². The second-order valence-corrected chi connectivity index (χ2v) is 10.2. The normalized spacial score (nSPS) is 27.5. The Morgan fingerprint density at radius 2 is 1.85 bits per heavy atom. The number of hydrogen-bond donors (Lipinski definition) is 0. The minimum Gasteiger partial charge on any atom is -0.497 e. The van der Waals surface area contributed by atoms with E-state index in [0.29, 0.717) is 25.1 Å². The van der Waals surface area contributed by atoms with Gasteiger partial charge in [0.15, 0.2) is 0 Å². The topological polar surface area (TPSA) is 62.3 Å². The monoisotopic (exact) mass is 471 g/mol. The number of carbonyl (C=O) groups excluding carboxylic acids is 2. The summed E-state index contributed by atoms with van der Waals surface area (Å²) in [6, 6.07) is 8.12. The maximum Gasteiger partial charge on any atom is 0.228 e. The Bertz CT molecular complexity index is 828. The first-order valence-corrected chi connectivity index (χ1v) is 12.9. The molecule has 0 bridgehead atoms. The van der Waals surface area contributed by atoms with E-state index in [1.54, 1.807) is 19.1 Å². The van der Waals surface area contributed by atoms with Gasteiger partial charge in [0.2, 0.25) is 11.8 Å². The van der Waals surface area contributed by atoms with Crippen molar-refractivity contribution in [3.05, 3.63) is 29.8 Å². The Labute approximate surface area is 204 Å². The molecule has 3 aliphatic heterocycles. The SMILES string of the molecule is COCCCN(C[C@@H]1CCCN2CCCC[C@H]12)C(=O)C1CC(=O)N(C)C1c1ccc(OC)cc1. The van der Waals surface area contributed by atoms with E-state index in [2.05, 4.69) is 9.80 Å². The van der Waals surface area contributed by atoms with E-state index in [1.807, 2.05) is 31.3 Å². The van der Waals surface area contributed by atoms with Crippen LogP contribution in [0.1, 0.15) is 56.6 Å². The molecule has 0 aromatic heterocycles. The van der Waals surface area contributed by atoms with Crippen molar-refractivity contribution < 1.29 is 19.1 Å². The number of piperidine rings is 2. The predicted octanol–water partition coefficient (Wildman–Crippen LogP) is 3.34. The van der Waals surface area contributed by atoms with Gasteiger partial charge in [-0.1, -0.05) is 18.6 Å². The van der Waals surface area contributed by atoms with Crippen LogP contribution in [0, 0.1) is 11.8 Å². The number of carbonyl (C=O) groups is 2. The van der Waals surface area contributed by atoms with Crippen LogP contribution >= 0.6 is 0 Å². The number of benzene rings is 1. The fraction of sp³-hybridized carbons (Fsp3) is 0.704. The molecule has 0 saturated carbocycles. The quantitative estimate of drug-likeness (QED) is 0.517. The zero-order valence-corrected chi connectivity index (χ0v) is 21.1. The molecule has 0 radical (unpaired) electrons. The van der Waals surface area contributed by atoms with Crippen molar-refractivity contribution in [1.82, 2.24) is 14.7 Å². The predicted molar refractivity (Wildman–Crippen MR) is 132 cm³/mol. The van der Waals surface area contributed by atoms with Crippen molar-refractivity contribution in [3.63, 3.8) is 0 Å². The lowest BCUT2D eigenvalue weighted by Crippen LogP contribution is -2.52. The summed E-state index contributed by atoms with van der Waals surface area (Å²) in [7, 11) is 5.17. The maximum atomic E-state index is 14.0. The highest BCUT2D eigenvalue weighted by Gasteiger charge is 2.45. The largest absolute Gasteiger partial charge is 0.497 e. The molecule has 0 spiro atoms. The van der Waals surface area contributed by atoms with E-state index in [-0.39, 0.29) is 30.2 Å². The van der Waals surface area contributed by atoms with Gasteiger partial charge in [0.05, 0.1) is 19.1 Å². The number of rotatable bonds is 9. The molecule has 34 heavy (non-hydrogen) atoms. The number of fused-ring (bicyclic) bond motifs is 1. The maximum absolute atomic E-state index is 14.0. The first-order chi connectivity index (χ1) is 16.5. The second-order valence-electron chi connectivity index (χ2n) is 10.2. The van der Waals surface area contributed by atoms with Gasteiger partial charge in [0.1, 0.15) is 5.75 Å². The Morgan fingerprint density at radius 3 is 2.59 bits per heavy atom. The van der Waals surface area contributed by atoms with Gasteiger partial charge in [-0.2, -0.15) is 0 Å². The third-order valence-corrected chi connectivity index (χ3v) is 8.13. The molecular weight excluding hydrogens is 430 g/mol. The van der Waals surface area contributed by atoms with Gasteiger partial charge < -0.3 is 24.2 Å². The summed E-state index contributed by atoms with van der Waals surface area (Å²) in [6.07, 6.45) is 7.29. The van der Waals surface area contributed by atoms with Crippen LogP contribution in [0.15, 0.2) is 24.3 Å². The number of ether oxygens (including phenoxy) is 2. The summed E-state index contributed by atoms with van der Waals surface area (Å²) in [5.41, 5.74) is 0.987. The van der Waals surface area contributed by atoms with Crippen molar-refractivity contribution in [2.75, 3.05) is 54.1 Å². The Kier molecular flexibility index (Phi) is 8.48. The van der Waals surface area contributed by atoms with E-state index < -0.39 is 0 Å². The molecule has 3 heterocycles. The molecule has 1 aromatic rings. The summed E-state index contributed by atoms with van der Waals surface area (Å²) in [4.78, 5) is 33.3. The molecule has 0 N–H and O–H groups in total. The van der Waals surface area contributed by atoms with Gasteiger partial charge in [-0.05, 0) is 68.8 Å². The van der Waals surface area contributed by atoms with Crippen LogP contribution in [0.2, 0.25) is 0 Å². The van der Waals surface area contributed by atoms with Crippen LogP contribution in [0.5, 0.6) is 5.75 Å². The van der Waals surface area contributed by atoms with Crippen LogP contribution in [0.4, 0.5) is 0 Å². The lowest BCUT2D eigenvalue weighted by atomic mass is 9.83. The molecule has 7 heteroatoms. The number of methoxy groups -OCH3 is 2. The molecule has 4 atom stereocenters. The number of hydrogen-bond acceptors (Lipinski definition) is 5. The van der Waals surface area contributed by atoms with E-state index in [4.69, 9.17) is 9.47 Å². The van der Waals surface area contributed by atoms with Gasteiger partial charge in [-0.15, -0.1) is 0 Å². The average Bonchev–Trinajstić information content (AvgIpc) is 3.17. The van der Waals surface area contributed by atoms with Crippen LogP contribution in [0.3, 0.4) is 0 Å². The molecule has 0 aliphatic carbocycles. The number of amides is 2. The molecular formula is C27H41N3O4. The second kappa shape index (κ2) is 11.5. The highest BCUT2D eigenvalue weighted by atomic mass is 16.5. The van der Waals surface area contributed by atoms with Crippen LogP contribution in [0.25, 0.3) is 0 Å².